The van der Waals surface area contributed by atoms with E-state index in [1.54, 1.807) is 0 Å². The van der Waals surface area contributed by atoms with Crippen LogP contribution in [0.5, 0.6) is 0 Å². The van der Waals surface area contributed by atoms with Gasteiger partial charge in [-0.2, -0.15) is 0 Å². The minimum atomic E-state index is -0.855. The fourth-order valence-corrected chi connectivity index (χ4v) is 4.01. The van der Waals surface area contributed by atoms with Crippen LogP contribution in [0.15, 0.2) is 12.5 Å². The Morgan fingerprint density at radius 1 is 1.41 bits per heavy atom. The fourth-order valence-electron chi connectivity index (χ4n) is 4.01. The molecule has 10 nitrogen and oxygen atoms in total. The molecule has 2 fully saturated rings. The smallest absolute Gasteiger partial charge is 0.250 e. The van der Waals surface area contributed by atoms with Gasteiger partial charge in [0.05, 0.1) is 18.7 Å². The molecule has 2 heterocycles. The van der Waals surface area contributed by atoms with E-state index in [1.807, 2.05) is 0 Å². The first-order valence-corrected chi connectivity index (χ1v) is 9.73. The fraction of sp³-hybridized carbons (Fsp3) is 0.611. The molecule has 0 bridgehead atoms. The summed E-state index contributed by atoms with van der Waals surface area (Å²) in [4.78, 5) is 43.9. The number of hydroxylamine groups is 2. The molecule has 158 valence electrons. The Morgan fingerprint density at radius 2 is 2.17 bits per heavy atom. The minimum absolute atomic E-state index is 0.147. The van der Waals surface area contributed by atoms with E-state index in [4.69, 9.17) is 0 Å². The molecule has 3 rings (SSSR count). The number of amides is 3. The summed E-state index contributed by atoms with van der Waals surface area (Å²) >= 11 is 0. The molecule has 0 radical (unpaired) electrons. The number of hydrazine groups is 1. The normalized spacial score (nSPS) is 20.5. The van der Waals surface area contributed by atoms with E-state index in [0.717, 1.165) is 38.2 Å². The van der Waals surface area contributed by atoms with E-state index in [2.05, 4.69) is 20.7 Å². The van der Waals surface area contributed by atoms with Gasteiger partial charge in [-0.3, -0.25) is 24.6 Å². The van der Waals surface area contributed by atoms with Crippen LogP contribution in [0.2, 0.25) is 0 Å². The van der Waals surface area contributed by atoms with Crippen LogP contribution < -0.4 is 10.7 Å². The maximum absolute atomic E-state index is 13.7. The summed E-state index contributed by atoms with van der Waals surface area (Å²) in [7, 11) is 0. The molecular formula is C18H25FN6O4. The molecule has 11 heteroatoms. The number of rotatable bonds is 8. The van der Waals surface area contributed by atoms with Gasteiger partial charge in [-0.1, -0.05) is 25.7 Å². The predicted octanol–water partition coefficient (Wildman–Crippen LogP) is 0.704. The number of hydrogen-bond donors (Lipinski definition) is 3. The van der Waals surface area contributed by atoms with Crippen molar-refractivity contribution in [2.45, 2.75) is 44.6 Å². The molecular weight excluding hydrogens is 383 g/mol. The van der Waals surface area contributed by atoms with E-state index in [-0.39, 0.29) is 24.7 Å². The average molecular weight is 408 g/mol. The first-order chi connectivity index (χ1) is 14.0. The molecule has 1 saturated heterocycles. The Morgan fingerprint density at radius 3 is 2.86 bits per heavy atom. The van der Waals surface area contributed by atoms with Crippen LogP contribution in [0.4, 0.5) is 10.2 Å². The van der Waals surface area contributed by atoms with Gasteiger partial charge in [-0.25, -0.2) is 24.8 Å². The Kier molecular flexibility index (Phi) is 7.04. The molecule has 1 saturated carbocycles. The highest BCUT2D eigenvalue weighted by Crippen LogP contribution is 2.31. The van der Waals surface area contributed by atoms with Crippen molar-refractivity contribution >= 4 is 24.0 Å². The van der Waals surface area contributed by atoms with Crippen molar-refractivity contribution in [2.75, 3.05) is 18.4 Å². The highest BCUT2D eigenvalue weighted by Gasteiger charge is 2.39. The molecule has 2 atom stereocenters. The topological polar surface area (TPSA) is 128 Å². The number of aromatic nitrogens is 2. The first kappa shape index (κ1) is 21.1. The molecule has 0 spiro atoms. The van der Waals surface area contributed by atoms with Crippen LogP contribution in [-0.2, 0) is 14.4 Å². The van der Waals surface area contributed by atoms with Gasteiger partial charge in [0.25, 0.3) is 0 Å². The van der Waals surface area contributed by atoms with E-state index < -0.39 is 23.7 Å². The van der Waals surface area contributed by atoms with Gasteiger partial charge in [0, 0.05) is 6.54 Å². The summed E-state index contributed by atoms with van der Waals surface area (Å²) in [5, 5.41) is 13.7. The van der Waals surface area contributed by atoms with Crippen molar-refractivity contribution in [1.29, 1.82) is 0 Å². The molecule has 0 aromatic carbocycles. The molecule has 1 aliphatic heterocycles. The summed E-state index contributed by atoms with van der Waals surface area (Å²) in [5.74, 6) is -2.28. The van der Waals surface area contributed by atoms with Gasteiger partial charge in [0.15, 0.2) is 11.6 Å². The SMILES string of the molecule is O=CN(O)C[C@@H](CC1CCCC1)C(=O)N1NCC[C@H]1C(=O)Nc1ncncc1F. The number of hydrogen-bond acceptors (Lipinski definition) is 7. The van der Waals surface area contributed by atoms with E-state index in [9.17, 15) is 24.0 Å². The second-order valence-electron chi connectivity index (χ2n) is 7.44. The zero-order valence-corrected chi connectivity index (χ0v) is 16.0. The Hall–Kier alpha value is -2.66. The number of anilines is 1. The molecule has 1 aromatic heterocycles. The highest BCUT2D eigenvalue weighted by atomic mass is 19.1. The van der Waals surface area contributed by atoms with Crippen molar-refractivity contribution in [3.05, 3.63) is 18.3 Å². The molecule has 2 aliphatic rings. The summed E-state index contributed by atoms with van der Waals surface area (Å²) in [6.07, 6.45) is 7.37. The number of halogens is 1. The average Bonchev–Trinajstić information content (AvgIpc) is 3.40. The lowest BCUT2D eigenvalue weighted by molar-refractivity contribution is -0.159. The van der Waals surface area contributed by atoms with E-state index in [1.165, 1.54) is 5.01 Å². The Bertz CT molecular complexity index is 745. The molecule has 1 aliphatic carbocycles. The zero-order valence-electron chi connectivity index (χ0n) is 16.0. The standard InChI is InChI=1S/C18H25FN6O4/c19-14-8-20-10-21-16(14)23-17(27)15-5-6-22-25(15)18(28)13(9-24(29)11-26)7-12-3-1-2-4-12/h8,10-13,15,22,29H,1-7,9H2,(H,20,21,23,27)/t13-,15+/m1/s1. The van der Waals surface area contributed by atoms with Crippen molar-refractivity contribution in [1.82, 2.24) is 25.5 Å². The van der Waals surface area contributed by atoms with E-state index in [0.29, 0.717) is 30.4 Å². The number of carbonyl (C=O) groups excluding carboxylic acids is 3. The maximum atomic E-state index is 13.7. The van der Waals surface area contributed by atoms with Crippen molar-refractivity contribution in [2.24, 2.45) is 11.8 Å². The second kappa shape index (κ2) is 9.70. The van der Waals surface area contributed by atoms with Gasteiger partial charge in [-0.15, -0.1) is 0 Å². The van der Waals surface area contributed by atoms with Crippen LogP contribution in [-0.4, -0.2) is 62.6 Å². The van der Waals surface area contributed by atoms with Crippen molar-refractivity contribution in [3.8, 4) is 0 Å². The summed E-state index contributed by atoms with van der Waals surface area (Å²) < 4.78 is 13.7. The minimum Gasteiger partial charge on any atom is -0.306 e. The van der Waals surface area contributed by atoms with Crippen molar-refractivity contribution in [3.63, 3.8) is 0 Å². The number of carbonyl (C=O) groups is 3. The van der Waals surface area contributed by atoms with Gasteiger partial charge >= 0.3 is 0 Å². The largest absolute Gasteiger partial charge is 0.306 e. The Balaban J connectivity index is 1.70. The Labute approximate surface area is 167 Å². The van der Waals surface area contributed by atoms with Gasteiger partial charge in [0.2, 0.25) is 18.2 Å². The lowest BCUT2D eigenvalue weighted by Gasteiger charge is -2.29. The third-order valence-corrected chi connectivity index (χ3v) is 5.43. The summed E-state index contributed by atoms with van der Waals surface area (Å²) in [5.41, 5.74) is 2.89. The highest BCUT2D eigenvalue weighted by molar-refractivity contribution is 5.97. The molecule has 3 amide bonds. The number of nitrogens with zero attached hydrogens (tertiary/aromatic N) is 4. The lowest BCUT2D eigenvalue weighted by atomic mass is 9.92. The molecule has 3 N–H and O–H groups in total. The predicted molar refractivity (Wildman–Crippen MR) is 98.5 cm³/mol. The van der Waals surface area contributed by atoms with Gasteiger partial charge < -0.3 is 5.32 Å². The summed E-state index contributed by atoms with van der Waals surface area (Å²) in [6.45, 7) is 0.245. The summed E-state index contributed by atoms with van der Waals surface area (Å²) in [6, 6.07) is -0.855. The van der Waals surface area contributed by atoms with E-state index >= 15 is 0 Å². The third kappa shape index (κ3) is 5.24. The first-order valence-electron chi connectivity index (χ1n) is 9.73. The van der Waals surface area contributed by atoms with Crippen LogP contribution in [0.1, 0.15) is 38.5 Å². The molecule has 0 unspecified atom stereocenters. The van der Waals surface area contributed by atoms with Crippen LogP contribution in [0.3, 0.4) is 0 Å². The van der Waals surface area contributed by atoms with Crippen LogP contribution >= 0.6 is 0 Å². The van der Waals surface area contributed by atoms with Crippen LogP contribution in [0.25, 0.3) is 0 Å². The molecule has 29 heavy (non-hydrogen) atoms. The van der Waals surface area contributed by atoms with Gasteiger partial charge in [0.1, 0.15) is 12.4 Å². The van der Waals surface area contributed by atoms with Gasteiger partial charge in [-0.05, 0) is 18.8 Å². The second-order valence-corrected chi connectivity index (χ2v) is 7.44. The number of nitrogens with one attached hydrogen (secondary N) is 2. The monoisotopic (exact) mass is 408 g/mol. The molecule has 1 aromatic rings. The quantitative estimate of drug-likeness (QED) is 0.328. The third-order valence-electron chi connectivity index (χ3n) is 5.43. The van der Waals surface area contributed by atoms with Crippen molar-refractivity contribution < 1.29 is 24.0 Å². The zero-order chi connectivity index (χ0) is 20.8. The lowest BCUT2D eigenvalue weighted by Crippen LogP contribution is -2.51. The maximum Gasteiger partial charge on any atom is 0.250 e. The van der Waals surface area contributed by atoms with Crippen LogP contribution in [0, 0.1) is 17.7 Å².